The summed E-state index contributed by atoms with van der Waals surface area (Å²) in [5.41, 5.74) is 1.25. The smallest absolute Gasteiger partial charge is 0.270 e. The number of benzene rings is 1. The van der Waals surface area contributed by atoms with Gasteiger partial charge in [0.15, 0.2) is 0 Å². The van der Waals surface area contributed by atoms with Crippen molar-refractivity contribution >= 4 is 27.5 Å². The van der Waals surface area contributed by atoms with Gasteiger partial charge in [0.2, 0.25) is 0 Å². The van der Waals surface area contributed by atoms with E-state index in [-0.39, 0.29) is 17.0 Å². The van der Waals surface area contributed by atoms with Crippen molar-refractivity contribution in [2.24, 2.45) is 5.41 Å². The van der Waals surface area contributed by atoms with E-state index < -0.39 is 4.92 Å². The van der Waals surface area contributed by atoms with Crippen LogP contribution in [-0.4, -0.2) is 22.7 Å². The van der Waals surface area contributed by atoms with E-state index in [4.69, 9.17) is 0 Å². The fraction of sp³-hybridized carbons (Fsp3) is 0.500. The molecule has 0 atom stereocenters. The van der Waals surface area contributed by atoms with Crippen LogP contribution < -0.4 is 5.32 Å². The number of rotatable bonds is 6. The van der Waals surface area contributed by atoms with Crippen molar-refractivity contribution in [1.29, 1.82) is 0 Å². The maximum absolute atomic E-state index is 12.1. The zero-order valence-corrected chi connectivity index (χ0v) is 12.9. The third kappa shape index (κ3) is 3.56. The van der Waals surface area contributed by atoms with Crippen LogP contribution in [0.5, 0.6) is 0 Å². The van der Waals surface area contributed by atoms with E-state index in [0.717, 1.165) is 24.6 Å². The van der Waals surface area contributed by atoms with Gasteiger partial charge in [0.05, 0.1) is 4.92 Å². The van der Waals surface area contributed by atoms with Gasteiger partial charge in [-0.2, -0.15) is 0 Å². The molecule has 1 aliphatic rings. The average molecular weight is 341 g/mol. The van der Waals surface area contributed by atoms with Crippen molar-refractivity contribution in [3.8, 4) is 0 Å². The average Bonchev–Trinajstić information content (AvgIpc) is 3.16. The van der Waals surface area contributed by atoms with Crippen LogP contribution in [0.15, 0.2) is 18.2 Å². The molecule has 1 aliphatic carbocycles. The lowest BCUT2D eigenvalue weighted by Crippen LogP contribution is -2.30. The number of halogens is 1. The van der Waals surface area contributed by atoms with E-state index in [0.29, 0.717) is 17.7 Å². The van der Waals surface area contributed by atoms with Gasteiger partial charge < -0.3 is 5.32 Å². The Morgan fingerprint density at radius 2 is 2.15 bits per heavy atom. The summed E-state index contributed by atoms with van der Waals surface area (Å²) in [4.78, 5) is 22.4. The molecule has 0 heterocycles. The molecule has 0 spiro atoms. The van der Waals surface area contributed by atoms with Gasteiger partial charge in [-0.3, -0.25) is 14.9 Å². The lowest BCUT2D eigenvalue weighted by Gasteiger charge is -2.14. The Hall–Kier alpha value is -1.43. The van der Waals surface area contributed by atoms with Crippen LogP contribution in [-0.2, 0) is 0 Å². The molecule has 1 aromatic rings. The molecule has 0 radical (unpaired) electrons. The zero-order valence-electron chi connectivity index (χ0n) is 11.3. The highest BCUT2D eigenvalue weighted by Gasteiger charge is 2.41. The molecular formula is C14H17BrN2O3. The minimum Gasteiger partial charge on any atom is -0.351 e. The van der Waals surface area contributed by atoms with Gasteiger partial charge in [-0.05, 0) is 43.2 Å². The molecule has 1 saturated carbocycles. The molecule has 0 bridgehead atoms. The van der Waals surface area contributed by atoms with E-state index in [9.17, 15) is 14.9 Å². The fourth-order valence-electron chi connectivity index (χ4n) is 2.26. The standard InChI is InChI=1S/C14H17BrN2O3/c1-10-6-11(8-12(7-10)17(19)20)13(18)16-9-14(2-3-14)4-5-15/h6-8H,2-5,9H2,1H3,(H,16,18). The number of hydrogen-bond donors (Lipinski definition) is 1. The Labute approximate surface area is 126 Å². The molecule has 0 unspecified atom stereocenters. The minimum absolute atomic E-state index is 0.0447. The summed E-state index contributed by atoms with van der Waals surface area (Å²) in [6.07, 6.45) is 3.31. The van der Waals surface area contributed by atoms with Crippen LogP contribution >= 0.6 is 15.9 Å². The number of hydrogen-bond acceptors (Lipinski definition) is 3. The lowest BCUT2D eigenvalue weighted by atomic mass is 10.0. The number of alkyl halides is 1. The van der Waals surface area contributed by atoms with Crippen molar-refractivity contribution in [3.63, 3.8) is 0 Å². The summed E-state index contributed by atoms with van der Waals surface area (Å²) in [5.74, 6) is -0.238. The van der Waals surface area contributed by atoms with Crippen LogP contribution in [0.2, 0.25) is 0 Å². The molecule has 1 aromatic carbocycles. The number of aryl methyl sites for hydroxylation is 1. The first-order chi connectivity index (χ1) is 9.46. The first-order valence-corrected chi connectivity index (χ1v) is 7.68. The summed E-state index contributed by atoms with van der Waals surface area (Å²) in [7, 11) is 0. The highest BCUT2D eigenvalue weighted by molar-refractivity contribution is 9.09. The minimum atomic E-state index is -0.475. The normalized spacial score (nSPS) is 15.7. The fourth-order valence-corrected chi connectivity index (χ4v) is 3.10. The van der Waals surface area contributed by atoms with Crippen LogP contribution in [0.1, 0.15) is 35.2 Å². The van der Waals surface area contributed by atoms with Crippen LogP contribution in [0.4, 0.5) is 5.69 Å². The summed E-state index contributed by atoms with van der Waals surface area (Å²) < 4.78 is 0. The summed E-state index contributed by atoms with van der Waals surface area (Å²) >= 11 is 3.42. The molecule has 0 saturated heterocycles. The van der Waals surface area contributed by atoms with E-state index >= 15 is 0 Å². The van der Waals surface area contributed by atoms with Crippen molar-refractivity contribution in [2.75, 3.05) is 11.9 Å². The van der Waals surface area contributed by atoms with Gasteiger partial charge in [-0.15, -0.1) is 0 Å². The van der Waals surface area contributed by atoms with Gasteiger partial charge in [0, 0.05) is 29.6 Å². The zero-order chi connectivity index (χ0) is 14.8. The van der Waals surface area contributed by atoms with Crippen molar-refractivity contribution in [2.45, 2.75) is 26.2 Å². The topological polar surface area (TPSA) is 72.2 Å². The second-order valence-electron chi connectivity index (χ2n) is 5.44. The Balaban J connectivity index is 2.04. The van der Waals surface area contributed by atoms with Gasteiger partial charge in [0.25, 0.3) is 11.6 Å². The molecule has 1 N–H and O–H groups in total. The maximum Gasteiger partial charge on any atom is 0.270 e. The SMILES string of the molecule is Cc1cc(C(=O)NCC2(CCBr)CC2)cc([N+](=O)[O-])c1. The van der Waals surface area contributed by atoms with Gasteiger partial charge in [-0.1, -0.05) is 15.9 Å². The second kappa shape index (κ2) is 5.91. The predicted octanol–water partition coefficient (Wildman–Crippen LogP) is 3.20. The first-order valence-electron chi connectivity index (χ1n) is 6.56. The molecule has 0 aromatic heterocycles. The van der Waals surface area contributed by atoms with Crippen LogP contribution in [0.25, 0.3) is 0 Å². The highest BCUT2D eigenvalue weighted by atomic mass is 79.9. The molecule has 0 aliphatic heterocycles. The number of carbonyl (C=O) groups is 1. The van der Waals surface area contributed by atoms with E-state index in [2.05, 4.69) is 21.2 Å². The molecule has 1 amide bonds. The predicted molar refractivity (Wildman–Crippen MR) is 80.2 cm³/mol. The Bertz CT molecular complexity index is 541. The van der Waals surface area contributed by atoms with Gasteiger partial charge in [-0.25, -0.2) is 0 Å². The van der Waals surface area contributed by atoms with E-state index in [1.54, 1.807) is 13.0 Å². The Morgan fingerprint density at radius 3 is 2.70 bits per heavy atom. The van der Waals surface area contributed by atoms with E-state index in [1.807, 2.05) is 0 Å². The number of nitro benzene ring substituents is 1. The molecule has 2 rings (SSSR count). The van der Waals surface area contributed by atoms with E-state index in [1.165, 1.54) is 12.1 Å². The number of carbonyl (C=O) groups excluding carboxylic acids is 1. The van der Waals surface area contributed by atoms with Crippen molar-refractivity contribution < 1.29 is 9.72 Å². The third-order valence-electron chi connectivity index (χ3n) is 3.74. The number of nitrogens with zero attached hydrogens (tertiary/aromatic N) is 1. The second-order valence-corrected chi connectivity index (χ2v) is 6.23. The quantitative estimate of drug-likeness (QED) is 0.491. The molecule has 20 heavy (non-hydrogen) atoms. The van der Waals surface area contributed by atoms with Crippen LogP contribution in [0, 0.1) is 22.5 Å². The van der Waals surface area contributed by atoms with Crippen LogP contribution in [0.3, 0.4) is 0 Å². The Morgan fingerprint density at radius 1 is 1.45 bits per heavy atom. The highest BCUT2D eigenvalue weighted by Crippen LogP contribution is 2.48. The van der Waals surface area contributed by atoms with Gasteiger partial charge in [0.1, 0.15) is 0 Å². The van der Waals surface area contributed by atoms with Gasteiger partial charge >= 0.3 is 0 Å². The molecule has 5 nitrogen and oxygen atoms in total. The number of nitro groups is 1. The summed E-state index contributed by atoms with van der Waals surface area (Å²) in [5, 5.41) is 14.6. The summed E-state index contributed by atoms with van der Waals surface area (Å²) in [6, 6.07) is 4.46. The number of amides is 1. The maximum atomic E-state index is 12.1. The molecule has 1 fully saturated rings. The lowest BCUT2D eigenvalue weighted by molar-refractivity contribution is -0.384. The molecular weight excluding hydrogens is 324 g/mol. The number of non-ortho nitro benzene ring substituents is 1. The molecule has 6 heteroatoms. The van der Waals surface area contributed by atoms with Crippen molar-refractivity contribution in [1.82, 2.24) is 5.32 Å². The monoisotopic (exact) mass is 340 g/mol. The number of nitrogens with one attached hydrogen (secondary N) is 1. The molecule has 108 valence electrons. The largest absolute Gasteiger partial charge is 0.351 e. The first kappa shape index (κ1) is 15.0. The third-order valence-corrected chi connectivity index (χ3v) is 4.14. The van der Waals surface area contributed by atoms with Crippen molar-refractivity contribution in [3.05, 3.63) is 39.4 Å². The Kier molecular flexibility index (Phi) is 4.42. The summed E-state index contributed by atoms with van der Waals surface area (Å²) in [6.45, 7) is 2.39.